The highest BCUT2D eigenvalue weighted by atomic mass is 79.9. The fourth-order valence-corrected chi connectivity index (χ4v) is 0.984. The predicted molar refractivity (Wildman–Crippen MR) is 50.6 cm³/mol. The van der Waals surface area contributed by atoms with E-state index in [1.807, 2.05) is 6.79 Å². The third-order valence-electron chi connectivity index (χ3n) is 1.32. The van der Waals surface area contributed by atoms with Gasteiger partial charge in [0.15, 0.2) is 0 Å². The van der Waals surface area contributed by atoms with Crippen LogP contribution in [0.25, 0.3) is 0 Å². The van der Waals surface area contributed by atoms with E-state index in [1.165, 1.54) is 5.56 Å². The van der Waals surface area contributed by atoms with E-state index in [-0.39, 0.29) is 0 Å². The quantitative estimate of drug-likeness (QED) is 0.703. The van der Waals surface area contributed by atoms with Gasteiger partial charge in [-0.25, -0.2) is 0 Å². The number of hydrogen-bond acceptors (Lipinski definition) is 1. The van der Waals surface area contributed by atoms with Crippen LogP contribution in [0.15, 0.2) is 28.7 Å². The summed E-state index contributed by atoms with van der Waals surface area (Å²) in [6.45, 7) is 4.16. The van der Waals surface area contributed by atoms with Gasteiger partial charge < -0.3 is 4.79 Å². The van der Waals surface area contributed by atoms with Gasteiger partial charge in [0, 0.05) is 4.47 Å². The fraction of sp³-hybridized carbons (Fsp3) is 0.222. The number of carbonyl (C=O) groups is 1. The molecule has 0 atom stereocenters. The van der Waals surface area contributed by atoms with Gasteiger partial charge in [-0.05, 0) is 24.1 Å². The van der Waals surface area contributed by atoms with Crippen LogP contribution in [0, 0.1) is 0 Å². The Balaban J connectivity index is 0.000000461. The van der Waals surface area contributed by atoms with E-state index in [2.05, 4.69) is 47.1 Å². The van der Waals surface area contributed by atoms with Gasteiger partial charge in [0.2, 0.25) is 0 Å². The Morgan fingerprint density at radius 3 is 2.09 bits per heavy atom. The fourth-order valence-electron chi connectivity index (χ4n) is 0.720. The van der Waals surface area contributed by atoms with E-state index >= 15 is 0 Å². The van der Waals surface area contributed by atoms with Gasteiger partial charge in [0.1, 0.15) is 6.79 Å². The lowest BCUT2D eigenvalue weighted by Crippen LogP contribution is -1.75. The van der Waals surface area contributed by atoms with Gasteiger partial charge >= 0.3 is 0 Å². The molecule has 1 aromatic carbocycles. The van der Waals surface area contributed by atoms with E-state index in [4.69, 9.17) is 4.79 Å². The lowest BCUT2D eigenvalue weighted by Gasteiger charge is -1.93. The second kappa shape index (κ2) is 6.10. The average Bonchev–Trinajstić information content (AvgIpc) is 2.10. The Labute approximate surface area is 75.6 Å². The molecule has 1 aromatic rings. The summed E-state index contributed by atoms with van der Waals surface area (Å²) in [6.07, 6.45) is 1.12. The lowest BCUT2D eigenvalue weighted by atomic mass is 10.2. The summed E-state index contributed by atoms with van der Waals surface area (Å²) in [6, 6.07) is 8.39. The van der Waals surface area contributed by atoms with E-state index in [9.17, 15) is 0 Å². The van der Waals surface area contributed by atoms with Crippen LogP contribution in [-0.4, -0.2) is 6.79 Å². The largest absolute Gasteiger partial charge is 0.307 e. The van der Waals surface area contributed by atoms with Gasteiger partial charge in [-0.1, -0.05) is 35.0 Å². The SMILES string of the molecule is C=O.CCc1ccc(Br)cc1. The Hall–Kier alpha value is -0.630. The molecular weight excluding hydrogens is 204 g/mol. The molecule has 0 N–H and O–H groups in total. The van der Waals surface area contributed by atoms with Crippen LogP contribution >= 0.6 is 15.9 Å². The maximum absolute atomic E-state index is 8.00. The van der Waals surface area contributed by atoms with Crippen LogP contribution in [0.4, 0.5) is 0 Å². The van der Waals surface area contributed by atoms with Crippen LogP contribution < -0.4 is 0 Å². The zero-order valence-corrected chi connectivity index (χ0v) is 8.10. The Morgan fingerprint density at radius 1 is 1.27 bits per heavy atom. The maximum Gasteiger partial charge on any atom is 0.106 e. The van der Waals surface area contributed by atoms with Crippen molar-refractivity contribution >= 4 is 22.7 Å². The first kappa shape index (κ1) is 10.4. The molecule has 1 nitrogen and oxygen atoms in total. The van der Waals surface area contributed by atoms with E-state index in [0.29, 0.717) is 0 Å². The second-order valence-corrected chi connectivity index (χ2v) is 2.90. The van der Waals surface area contributed by atoms with Crippen molar-refractivity contribution in [3.05, 3.63) is 34.3 Å². The van der Waals surface area contributed by atoms with Gasteiger partial charge in [0.05, 0.1) is 0 Å². The minimum atomic E-state index is 1.12. The van der Waals surface area contributed by atoms with Crippen molar-refractivity contribution in [1.82, 2.24) is 0 Å². The summed E-state index contributed by atoms with van der Waals surface area (Å²) in [5, 5.41) is 0. The molecule has 0 aliphatic carbocycles. The van der Waals surface area contributed by atoms with Gasteiger partial charge in [0.25, 0.3) is 0 Å². The van der Waals surface area contributed by atoms with Crippen molar-refractivity contribution in [2.45, 2.75) is 13.3 Å². The number of carbonyl (C=O) groups excluding carboxylic acids is 1. The molecule has 0 fully saturated rings. The minimum Gasteiger partial charge on any atom is -0.307 e. The normalized spacial score (nSPS) is 8.18. The van der Waals surface area contributed by atoms with E-state index < -0.39 is 0 Å². The molecule has 0 saturated carbocycles. The number of hydrogen-bond donors (Lipinski definition) is 0. The predicted octanol–water partition coefficient (Wildman–Crippen LogP) is 2.83. The molecule has 11 heavy (non-hydrogen) atoms. The highest BCUT2D eigenvalue weighted by Crippen LogP contribution is 2.10. The van der Waals surface area contributed by atoms with Crippen molar-refractivity contribution in [3.63, 3.8) is 0 Å². The molecular formula is C9H11BrO. The molecule has 2 heteroatoms. The molecule has 0 radical (unpaired) electrons. The molecule has 1 rings (SSSR count). The van der Waals surface area contributed by atoms with Gasteiger partial charge in [-0.2, -0.15) is 0 Å². The van der Waals surface area contributed by atoms with Crippen LogP contribution in [-0.2, 0) is 11.2 Å². The molecule has 0 aliphatic rings. The van der Waals surface area contributed by atoms with Crippen molar-refractivity contribution in [3.8, 4) is 0 Å². The van der Waals surface area contributed by atoms with Crippen LogP contribution in [0.5, 0.6) is 0 Å². The molecule has 0 heterocycles. The van der Waals surface area contributed by atoms with Crippen LogP contribution in [0.2, 0.25) is 0 Å². The summed E-state index contributed by atoms with van der Waals surface area (Å²) >= 11 is 3.37. The highest BCUT2D eigenvalue weighted by molar-refractivity contribution is 9.10. The number of aryl methyl sites for hydroxylation is 1. The van der Waals surface area contributed by atoms with Gasteiger partial charge in [-0.3, -0.25) is 0 Å². The molecule has 0 saturated heterocycles. The molecule has 0 aromatic heterocycles. The summed E-state index contributed by atoms with van der Waals surface area (Å²) in [7, 11) is 0. The first-order valence-corrected chi connectivity index (χ1v) is 4.15. The summed E-state index contributed by atoms with van der Waals surface area (Å²) in [5.74, 6) is 0. The standard InChI is InChI=1S/C8H9Br.CH2O/c1-2-7-3-5-8(9)6-4-7;1-2/h3-6H,2H2,1H3;1H2. The molecule has 0 aliphatic heterocycles. The smallest absolute Gasteiger partial charge is 0.106 e. The van der Waals surface area contributed by atoms with Gasteiger partial charge in [-0.15, -0.1) is 0 Å². The van der Waals surface area contributed by atoms with Crippen molar-refractivity contribution < 1.29 is 4.79 Å². The first-order chi connectivity index (χ1) is 5.33. The van der Waals surface area contributed by atoms with E-state index in [1.54, 1.807) is 0 Å². The zero-order valence-electron chi connectivity index (χ0n) is 6.51. The monoisotopic (exact) mass is 214 g/mol. The highest BCUT2D eigenvalue weighted by Gasteiger charge is 1.86. The summed E-state index contributed by atoms with van der Waals surface area (Å²) < 4.78 is 1.15. The summed E-state index contributed by atoms with van der Waals surface area (Å²) in [4.78, 5) is 8.00. The number of benzene rings is 1. The second-order valence-electron chi connectivity index (χ2n) is 1.98. The summed E-state index contributed by atoms with van der Waals surface area (Å²) in [5.41, 5.74) is 1.39. The number of rotatable bonds is 1. The Bertz CT molecular complexity index is 193. The molecule has 0 spiro atoms. The molecule has 0 amide bonds. The number of halogens is 1. The molecule has 0 bridgehead atoms. The van der Waals surface area contributed by atoms with E-state index in [0.717, 1.165) is 10.9 Å². The Morgan fingerprint density at radius 2 is 1.73 bits per heavy atom. The average molecular weight is 215 g/mol. The lowest BCUT2D eigenvalue weighted by molar-refractivity contribution is -0.0979. The Kier molecular flexibility index (Phi) is 5.75. The maximum atomic E-state index is 8.00. The third kappa shape index (κ3) is 3.94. The zero-order chi connectivity index (χ0) is 8.69. The topological polar surface area (TPSA) is 17.1 Å². The third-order valence-corrected chi connectivity index (χ3v) is 1.85. The van der Waals surface area contributed by atoms with Crippen LogP contribution in [0.3, 0.4) is 0 Å². The minimum absolute atomic E-state index is 1.12. The van der Waals surface area contributed by atoms with Crippen LogP contribution in [0.1, 0.15) is 12.5 Å². The van der Waals surface area contributed by atoms with Crippen molar-refractivity contribution in [2.24, 2.45) is 0 Å². The molecule has 60 valence electrons. The van der Waals surface area contributed by atoms with Crippen molar-refractivity contribution in [2.75, 3.05) is 0 Å². The first-order valence-electron chi connectivity index (χ1n) is 3.36. The molecule has 0 unspecified atom stereocenters. The van der Waals surface area contributed by atoms with Crippen molar-refractivity contribution in [1.29, 1.82) is 0 Å².